The molecule has 0 aliphatic carbocycles. The molecule has 0 N–H and O–H groups in total. The summed E-state index contributed by atoms with van der Waals surface area (Å²) in [5.41, 5.74) is 3.55. The standard InChI is InChI=1S/C21H26N2OS2/c1-6-17-15(5)18-19(26-17)22-21(25-12-13(2)3)23(20(18)24)11-16-9-7-14(4)8-10-16/h7-10,13H,6,11-12H2,1-5H3. The van der Waals surface area contributed by atoms with Gasteiger partial charge in [0.05, 0.1) is 11.9 Å². The van der Waals surface area contributed by atoms with Gasteiger partial charge in [-0.3, -0.25) is 9.36 Å². The molecule has 2 aromatic heterocycles. The highest BCUT2D eigenvalue weighted by atomic mass is 32.2. The van der Waals surface area contributed by atoms with Crippen LogP contribution in [0.1, 0.15) is 42.3 Å². The van der Waals surface area contributed by atoms with E-state index in [9.17, 15) is 4.79 Å². The molecule has 0 atom stereocenters. The van der Waals surface area contributed by atoms with E-state index in [-0.39, 0.29) is 5.56 Å². The molecule has 0 aliphatic heterocycles. The highest BCUT2D eigenvalue weighted by molar-refractivity contribution is 7.99. The maximum absolute atomic E-state index is 13.3. The van der Waals surface area contributed by atoms with Gasteiger partial charge in [-0.05, 0) is 37.3 Å². The van der Waals surface area contributed by atoms with Crippen molar-refractivity contribution in [2.45, 2.75) is 52.7 Å². The van der Waals surface area contributed by atoms with Gasteiger partial charge >= 0.3 is 0 Å². The third kappa shape index (κ3) is 3.89. The molecule has 2 heterocycles. The number of aryl methyl sites for hydroxylation is 3. The van der Waals surface area contributed by atoms with Crippen molar-refractivity contribution in [3.05, 3.63) is 56.2 Å². The summed E-state index contributed by atoms with van der Waals surface area (Å²) in [7, 11) is 0. The predicted octanol–water partition coefficient (Wildman–Crippen LogP) is 5.43. The van der Waals surface area contributed by atoms with Crippen LogP contribution in [0.2, 0.25) is 0 Å². The Bertz CT molecular complexity index is 968. The summed E-state index contributed by atoms with van der Waals surface area (Å²) < 4.78 is 1.86. The van der Waals surface area contributed by atoms with Crippen molar-refractivity contribution >= 4 is 33.3 Å². The summed E-state index contributed by atoms with van der Waals surface area (Å²) >= 11 is 3.35. The van der Waals surface area contributed by atoms with Crippen LogP contribution >= 0.6 is 23.1 Å². The zero-order chi connectivity index (χ0) is 18.8. The van der Waals surface area contributed by atoms with Crippen molar-refractivity contribution in [2.24, 2.45) is 5.92 Å². The van der Waals surface area contributed by atoms with Crippen LogP contribution in [-0.2, 0) is 13.0 Å². The predicted molar refractivity (Wildman–Crippen MR) is 114 cm³/mol. The van der Waals surface area contributed by atoms with Gasteiger partial charge in [0.1, 0.15) is 4.83 Å². The summed E-state index contributed by atoms with van der Waals surface area (Å²) in [6, 6.07) is 8.39. The Morgan fingerprint density at radius 1 is 1.19 bits per heavy atom. The van der Waals surface area contributed by atoms with Gasteiger partial charge in [0.15, 0.2) is 5.16 Å². The normalized spacial score (nSPS) is 11.6. The highest BCUT2D eigenvalue weighted by Gasteiger charge is 2.18. The van der Waals surface area contributed by atoms with Crippen molar-refractivity contribution in [3.63, 3.8) is 0 Å². The van der Waals surface area contributed by atoms with Gasteiger partial charge in [0.2, 0.25) is 0 Å². The Kier molecular flexibility index (Phi) is 5.88. The zero-order valence-electron chi connectivity index (χ0n) is 16.1. The number of hydrogen-bond acceptors (Lipinski definition) is 4. The van der Waals surface area contributed by atoms with Gasteiger partial charge in [0.25, 0.3) is 5.56 Å². The van der Waals surface area contributed by atoms with Crippen molar-refractivity contribution in [1.82, 2.24) is 9.55 Å². The number of hydrogen-bond donors (Lipinski definition) is 0. The maximum Gasteiger partial charge on any atom is 0.263 e. The molecule has 0 saturated carbocycles. The summed E-state index contributed by atoms with van der Waals surface area (Å²) in [6.07, 6.45) is 0.943. The smallest absolute Gasteiger partial charge is 0.263 e. The molecule has 0 amide bonds. The van der Waals surface area contributed by atoms with E-state index in [1.807, 2.05) is 4.57 Å². The number of thiophene rings is 1. The molecule has 0 unspecified atom stereocenters. The molecule has 0 fully saturated rings. The Morgan fingerprint density at radius 3 is 2.50 bits per heavy atom. The van der Waals surface area contributed by atoms with Crippen LogP contribution in [0.25, 0.3) is 10.2 Å². The third-order valence-electron chi connectivity index (χ3n) is 4.44. The lowest BCUT2D eigenvalue weighted by molar-refractivity contribution is 0.655. The molecular weight excluding hydrogens is 360 g/mol. The summed E-state index contributed by atoms with van der Waals surface area (Å²) in [5, 5.41) is 1.63. The van der Waals surface area contributed by atoms with Crippen LogP contribution < -0.4 is 5.56 Å². The first-order chi connectivity index (χ1) is 12.4. The minimum Gasteiger partial charge on any atom is -0.283 e. The molecule has 0 radical (unpaired) electrons. The van der Waals surface area contributed by atoms with Crippen LogP contribution in [0.3, 0.4) is 0 Å². The van der Waals surface area contributed by atoms with Gasteiger partial charge < -0.3 is 0 Å². The second kappa shape index (κ2) is 7.97. The summed E-state index contributed by atoms with van der Waals surface area (Å²) in [6.45, 7) is 11.2. The number of thioether (sulfide) groups is 1. The van der Waals surface area contributed by atoms with Crippen LogP contribution in [0, 0.1) is 19.8 Å². The van der Waals surface area contributed by atoms with Crippen molar-refractivity contribution in [3.8, 4) is 0 Å². The van der Waals surface area contributed by atoms with Crippen molar-refractivity contribution in [1.29, 1.82) is 0 Å². The van der Waals surface area contributed by atoms with E-state index in [0.717, 1.165) is 38.7 Å². The Labute approximate surface area is 163 Å². The number of fused-ring (bicyclic) bond motifs is 1. The first kappa shape index (κ1) is 19.2. The fourth-order valence-electron chi connectivity index (χ4n) is 2.95. The number of benzene rings is 1. The lowest BCUT2D eigenvalue weighted by Crippen LogP contribution is -2.24. The Hall–Kier alpha value is -1.59. The van der Waals surface area contributed by atoms with E-state index in [1.165, 1.54) is 10.4 Å². The van der Waals surface area contributed by atoms with Crippen molar-refractivity contribution < 1.29 is 0 Å². The zero-order valence-corrected chi connectivity index (χ0v) is 17.8. The first-order valence-electron chi connectivity index (χ1n) is 9.11. The monoisotopic (exact) mass is 386 g/mol. The molecule has 3 aromatic rings. The summed E-state index contributed by atoms with van der Waals surface area (Å²) in [5.74, 6) is 1.51. The lowest BCUT2D eigenvalue weighted by atomic mass is 10.1. The van der Waals surface area contributed by atoms with Crippen LogP contribution in [0.15, 0.2) is 34.2 Å². The topological polar surface area (TPSA) is 34.9 Å². The van der Waals surface area contributed by atoms with E-state index in [4.69, 9.17) is 4.98 Å². The van der Waals surface area contributed by atoms with Crippen LogP contribution in [0.5, 0.6) is 0 Å². The number of nitrogens with zero attached hydrogens (tertiary/aromatic N) is 2. The quantitative estimate of drug-likeness (QED) is 0.418. The Morgan fingerprint density at radius 2 is 1.88 bits per heavy atom. The van der Waals surface area contributed by atoms with Gasteiger partial charge in [-0.15, -0.1) is 11.3 Å². The molecule has 5 heteroatoms. The maximum atomic E-state index is 13.3. The molecule has 3 rings (SSSR count). The van der Waals surface area contributed by atoms with Gasteiger partial charge in [-0.1, -0.05) is 62.4 Å². The number of rotatable bonds is 6. The highest BCUT2D eigenvalue weighted by Crippen LogP contribution is 2.30. The SMILES string of the molecule is CCc1sc2nc(SCC(C)C)n(Cc3ccc(C)cc3)c(=O)c2c1C. The molecule has 3 nitrogen and oxygen atoms in total. The van der Waals surface area contributed by atoms with Gasteiger partial charge in [0, 0.05) is 10.6 Å². The van der Waals surface area contributed by atoms with E-state index >= 15 is 0 Å². The van der Waals surface area contributed by atoms with E-state index in [0.29, 0.717) is 12.5 Å². The second-order valence-corrected chi connectivity index (χ2v) is 9.23. The second-order valence-electron chi connectivity index (χ2n) is 7.16. The van der Waals surface area contributed by atoms with Crippen molar-refractivity contribution in [2.75, 3.05) is 5.75 Å². The molecular formula is C21H26N2OS2. The first-order valence-corrected chi connectivity index (χ1v) is 10.9. The molecule has 0 spiro atoms. The van der Waals surface area contributed by atoms with E-state index in [2.05, 4.69) is 58.9 Å². The molecule has 0 aliphatic rings. The van der Waals surface area contributed by atoms with E-state index < -0.39 is 0 Å². The fraction of sp³-hybridized carbons (Fsp3) is 0.429. The molecule has 0 bridgehead atoms. The van der Waals surface area contributed by atoms with E-state index in [1.54, 1.807) is 23.1 Å². The van der Waals surface area contributed by atoms with Gasteiger partial charge in [-0.2, -0.15) is 0 Å². The fourth-order valence-corrected chi connectivity index (χ4v) is 5.05. The third-order valence-corrected chi connectivity index (χ3v) is 7.18. The lowest BCUT2D eigenvalue weighted by Gasteiger charge is -2.13. The van der Waals surface area contributed by atoms with Crippen LogP contribution in [-0.4, -0.2) is 15.3 Å². The molecule has 26 heavy (non-hydrogen) atoms. The van der Waals surface area contributed by atoms with Crippen LogP contribution in [0.4, 0.5) is 0 Å². The molecule has 0 saturated heterocycles. The summed E-state index contributed by atoms with van der Waals surface area (Å²) in [4.78, 5) is 20.4. The number of aromatic nitrogens is 2. The molecule has 138 valence electrons. The van der Waals surface area contributed by atoms with Gasteiger partial charge in [-0.25, -0.2) is 4.98 Å². The largest absolute Gasteiger partial charge is 0.283 e. The average molecular weight is 387 g/mol. The minimum absolute atomic E-state index is 0.0929. The minimum atomic E-state index is 0.0929. The molecule has 1 aromatic carbocycles. The average Bonchev–Trinajstić information content (AvgIpc) is 2.93. The Balaban J connectivity index is 2.14.